The van der Waals surface area contributed by atoms with Crippen LogP contribution in [-0.2, 0) is 10.0 Å². The normalized spacial score (nSPS) is 25.4. The van der Waals surface area contributed by atoms with E-state index in [1.54, 1.807) is 12.1 Å². The van der Waals surface area contributed by atoms with Crippen LogP contribution in [-0.4, -0.2) is 51.3 Å². The number of hydrogen-bond donors (Lipinski definition) is 1. The predicted molar refractivity (Wildman–Crippen MR) is 89.2 cm³/mol. The van der Waals surface area contributed by atoms with Crippen LogP contribution in [0.2, 0.25) is 0 Å². The summed E-state index contributed by atoms with van der Waals surface area (Å²) in [6.07, 6.45) is 3.35. The van der Waals surface area contributed by atoms with Gasteiger partial charge in [0.25, 0.3) is 0 Å². The highest BCUT2D eigenvalue weighted by atomic mass is 32.2. The third-order valence-electron chi connectivity index (χ3n) is 5.16. The van der Waals surface area contributed by atoms with Crippen LogP contribution in [0.4, 0.5) is 5.69 Å². The fraction of sp³-hybridized carbons (Fsp3) is 0.562. The quantitative estimate of drug-likeness (QED) is 0.838. The molecule has 2 N–H and O–H groups in total. The maximum atomic E-state index is 12.0. The van der Waals surface area contributed by atoms with Crippen molar-refractivity contribution < 1.29 is 13.2 Å². The zero-order valence-electron chi connectivity index (χ0n) is 13.5. The number of Topliss-reactive ketones (excluding diaryl/α,β-unsaturated/α-hetero) is 1. The Morgan fingerprint density at radius 2 is 1.91 bits per heavy atom. The fourth-order valence-corrected chi connectivity index (χ4v) is 4.53. The zero-order chi connectivity index (χ0) is 16.8. The number of nitrogens with zero attached hydrogens (tertiary/aromatic N) is 2. The molecule has 0 saturated carbocycles. The van der Waals surface area contributed by atoms with Crippen LogP contribution in [0.5, 0.6) is 0 Å². The summed E-state index contributed by atoms with van der Waals surface area (Å²) < 4.78 is 24.0. The van der Waals surface area contributed by atoms with Gasteiger partial charge in [0.15, 0.2) is 5.78 Å². The highest BCUT2D eigenvalue weighted by molar-refractivity contribution is 7.89. The van der Waals surface area contributed by atoms with E-state index in [1.165, 1.54) is 19.4 Å². The van der Waals surface area contributed by atoms with Gasteiger partial charge in [0.1, 0.15) is 4.90 Å². The van der Waals surface area contributed by atoms with Crippen LogP contribution in [0.25, 0.3) is 0 Å². The van der Waals surface area contributed by atoms with Crippen molar-refractivity contribution in [1.82, 2.24) is 4.90 Å². The van der Waals surface area contributed by atoms with Crippen LogP contribution in [0.15, 0.2) is 23.1 Å². The third-order valence-corrected chi connectivity index (χ3v) is 6.10. The number of rotatable bonds is 3. The summed E-state index contributed by atoms with van der Waals surface area (Å²) in [6, 6.07) is 5.80. The standard InChI is InChI=1S/C16H23N3O3S/c1-11(20)12-3-6-15(16(9-12)23(17,21)22)19-8-7-13-4-5-14(10-19)18(13)2/h3,6,9,13-14H,4-5,7-8,10H2,1-2H3,(H2,17,21,22)/t13-,14+/m1/s1. The summed E-state index contributed by atoms with van der Waals surface area (Å²) in [5, 5.41) is 5.40. The predicted octanol–water partition coefficient (Wildman–Crippen LogP) is 1.21. The minimum atomic E-state index is -3.88. The Kier molecular flexibility index (Phi) is 4.20. The molecule has 2 heterocycles. The molecule has 0 radical (unpaired) electrons. The van der Waals surface area contributed by atoms with Crippen molar-refractivity contribution in [3.8, 4) is 0 Å². The summed E-state index contributed by atoms with van der Waals surface area (Å²) in [7, 11) is -1.74. The zero-order valence-corrected chi connectivity index (χ0v) is 14.3. The molecule has 2 aliphatic heterocycles. The van der Waals surface area contributed by atoms with Crippen molar-refractivity contribution in [3.63, 3.8) is 0 Å². The minimum Gasteiger partial charge on any atom is -0.369 e. The summed E-state index contributed by atoms with van der Waals surface area (Å²) in [4.78, 5) is 16.1. The molecule has 6 nitrogen and oxygen atoms in total. The van der Waals surface area contributed by atoms with Crippen molar-refractivity contribution in [3.05, 3.63) is 23.8 Å². The van der Waals surface area contributed by atoms with Crippen molar-refractivity contribution in [2.24, 2.45) is 5.14 Å². The molecule has 126 valence electrons. The lowest BCUT2D eigenvalue weighted by Gasteiger charge is -2.29. The number of ketones is 1. The first kappa shape index (κ1) is 16.4. The molecule has 7 heteroatoms. The van der Waals surface area contributed by atoms with Gasteiger partial charge < -0.3 is 4.90 Å². The summed E-state index contributed by atoms with van der Waals surface area (Å²) in [5.74, 6) is -0.170. The van der Waals surface area contributed by atoms with Crippen LogP contribution >= 0.6 is 0 Å². The molecular weight excluding hydrogens is 314 g/mol. The van der Waals surface area contributed by atoms with Gasteiger partial charge in [0, 0.05) is 30.7 Å². The van der Waals surface area contributed by atoms with Crippen LogP contribution in [0.1, 0.15) is 36.5 Å². The number of hydrogen-bond acceptors (Lipinski definition) is 5. The number of benzene rings is 1. The van der Waals surface area contributed by atoms with Gasteiger partial charge in [-0.15, -0.1) is 0 Å². The topological polar surface area (TPSA) is 83.7 Å². The first-order valence-corrected chi connectivity index (χ1v) is 9.46. The molecule has 1 aromatic rings. The van der Waals surface area contributed by atoms with Crippen molar-refractivity contribution in [2.75, 3.05) is 25.0 Å². The van der Waals surface area contributed by atoms with E-state index in [-0.39, 0.29) is 10.7 Å². The van der Waals surface area contributed by atoms with Crippen molar-refractivity contribution in [2.45, 2.75) is 43.2 Å². The van der Waals surface area contributed by atoms with Gasteiger partial charge in [-0.3, -0.25) is 9.69 Å². The SMILES string of the molecule is CC(=O)c1ccc(N2CC[C@H]3CC[C@@H](C2)N3C)c(S(N)(=O)=O)c1. The first-order valence-electron chi connectivity index (χ1n) is 7.92. The molecule has 0 spiro atoms. The number of anilines is 1. The molecule has 1 aromatic carbocycles. The number of nitrogens with two attached hydrogens (primary N) is 1. The lowest BCUT2D eigenvalue weighted by molar-refractivity contribution is 0.101. The van der Waals surface area contributed by atoms with Gasteiger partial charge in [-0.2, -0.15) is 0 Å². The molecule has 0 unspecified atom stereocenters. The van der Waals surface area contributed by atoms with Gasteiger partial charge >= 0.3 is 0 Å². The Bertz CT molecular complexity index is 732. The van der Waals surface area contributed by atoms with Gasteiger partial charge in [-0.1, -0.05) is 0 Å². The number of carbonyl (C=O) groups is 1. The van der Waals surface area contributed by atoms with Gasteiger partial charge in [0.05, 0.1) is 5.69 Å². The number of likely N-dealkylation sites (N-methyl/N-ethyl adjacent to an activating group) is 1. The van der Waals surface area contributed by atoms with Crippen LogP contribution < -0.4 is 10.0 Å². The summed E-state index contributed by atoms with van der Waals surface area (Å²) in [6.45, 7) is 3.00. The molecule has 2 fully saturated rings. The second-order valence-corrected chi connectivity index (χ2v) is 8.10. The van der Waals surface area contributed by atoms with Crippen molar-refractivity contribution >= 4 is 21.5 Å². The maximum Gasteiger partial charge on any atom is 0.240 e. The highest BCUT2D eigenvalue weighted by Crippen LogP contribution is 2.33. The van der Waals surface area contributed by atoms with E-state index in [4.69, 9.17) is 5.14 Å². The Balaban J connectivity index is 2.00. The molecule has 3 rings (SSSR count). The Hall–Kier alpha value is -1.44. The fourth-order valence-electron chi connectivity index (χ4n) is 3.75. The van der Waals surface area contributed by atoms with E-state index < -0.39 is 10.0 Å². The van der Waals surface area contributed by atoms with Crippen molar-refractivity contribution in [1.29, 1.82) is 0 Å². The Morgan fingerprint density at radius 1 is 1.22 bits per heavy atom. The monoisotopic (exact) mass is 337 g/mol. The van der Waals surface area contributed by atoms with Crippen LogP contribution in [0.3, 0.4) is 0 Å². The van der Waals surface area contributed by atoms with Gasteiger partial charge in [0.2, 0.25) is 10.0 Å². The Labute approximate surface area is 137 Å². The number of carbonyl (C=O) groups excluding carboxylic acids is 1. The third kappa shape index (κ3) is 3.13. The van der Waals surface area contributed by atoms with E-state index >= 15 is 0 Å². The lowest BCUT2D eigenvalue weighted by atomic mass is 10.1. The average molecular weight is 337 g/mol. The molecule has 2 bridgehead atoms. The number of sulfonamides is 1. The van der Waals surface area contributed by atoms with E-state index in [1.807, 2.05) is 0 Å². The smallest absolute Gasteiger partial charge is 0.240 e. The average Bonchev–Trinajstić information content (AvgIpc) is 2.70. The molecule has 0 aliphatic carbocycles. The second-order valence-electron chi connectivity index (χ2n) is 6.57. The van der Waals surface area contributed by atoms with E-state index in [0.29, 0.717) is 23.3 Å². The molecule has 2 atom stereocenters. The second kappa shape index (κ2) is 5.89. The number of fused-ring (bicyclic) bond motifs is 2. The molecule has 0 aromatic heterocycles. The van der Waals surface area contributed by atoms with Crippen LogP contribution in [0, 0.1) is 0 Å². The van der Waals surface area contributed by atoms with E-state index in [9.17, 15) is 13.2 Å². The first-order chi connectivity index (χ1) is 10.8. The minimum absolute atomic E-state index is 0.0469. The Morgan fingerprint density at radius 3 is 2.57 bits per heavy atom. The molecule has 23 heavy (non-hydrogen) atoms. The van der Waals surface area contributed by atoms with Gasteiger partial charge in [-0.25, -0.2) is 13.6 Å². The largest absolute Gasteiger partial charge is 0.369 e. The molecular formula is C16H23N3O3S. The maximum absolute atomic E-state index is 12.0. The summed E-state index contributed by atoms with van der Waals surface area (Å²) >= 11 is 0. The van der Waals surface area contributed by atoms with Gasteiger partial charge in [-0.05, 0) is 51.4 Å². The summed E-state index contributed by atoms with van der Waals surface area (Å²) in [5.41, 5.74) is 0.977. The number of primary sulfonamides is 1. The lowest BCUT2D eigenvalue weighted by Crippen LogP contribution is -2.37. The van der Waals surface area contributed by atoms with E-state index in [0.717, 1.165) is 25.9 Å². The molecule has 2 aliphatic rings. The molecule has 0 amide bonds. The highest BCUT2D eigenvalue weighted by Gasteiger charge is 2.35. The van der Waals surface area contributed by atoms with E-state index in [2.05, 4.69) is 16.8 Å². The molecule has 2 saturated heterocycles.